The van der Waals surface area contributed by atoms with Gasteiger partial charge in [-0.2, -0.15) is 0 Å². The maximum atomic E-state index is 13.3. The molecule has 0 aliphatic rings. The van der Waals surface area contributed by atoms with E-state index >= 15 is 0 Å². The molecule has 1 aromatic heterocycles. The lowest BCUT2D eigenvalue weighted by molar-refractivity contribution is 0.387. The van der Waals surface area contributed by atoms with E-state index in [4.69, 9.17) is 10.5 Å². The summed E-state index contributed by atoms with van der Waals surface area (Å²) in [5.74, 6) is -0.148. The van der Waals surface area contributed by atoms with Crippen molar-refractivity contribution in [2.45, 2.75) is 19.9 Å². The molecule has 1 atom stereocenters. The molecule has 2 aromatic rings. The fourth-order valence-corrected chi connectivity index (χ4v) is 2.76. The highest BCUT2D eigenvalue weighted by molar-refractivity contribution is 7.15. The summed E-state index contributed by atoms with van der Waals surface area (Å²) in [6, 6.07) is 4.69. The third kappa shape index (κ3) is 2.37. The average Bonchev–Trinajstić information content (AvgIpc) is 2.72. The van der Waals surface area contributed by atoms with E-state index in [1.54, 1.807) is 12.1 Å². The fourth-order valence-electron chi connectivity index (χ4n) is 1.75. The number of thiazole rings is 1. The molecule has 3 nitrogen and oxygen atoms in total. The molecule has 1 unspecified atom stereocenters. The second kappa shape index (κ2) is 5.04. The Morgan fingerprint density at radius 1 is 1.44 bits per heavy atom. The lowest BCUT2D eigenvalue weighted by Gasteiger charge is -2.03. The molecule has 1 aromatic carbocycles. The molecule has 96 valence electrons. The molecule has 0 amide bonds. The minimum Gasteiger partial charge on any atom is -0.494 e. The lowest BCUT2D eigenvalue weighted by atomic mass is 10.2. The van der Waals surface area contributed by atoms with Crippen molar-refractivity contribution in [2.24, 2.45) is 5.73 Å². The van der Waals surface area contributed by atoms with Gasteiger partial charge in [0.1, 0.15) is 5.01 Å². The van der Waals surface area contributed by atoms with E-state index in [2.05, 4.69) is 4.98 Å². The molecule has 0 spiro atoms. The van der Waals surface area contributed by atoms with Gasteiger partial charge in [-0.05, 0) is 32.0 Å². The molecular weight excluding hydrogens is 251 g/mol. The molecule has 0 radical (unpaired) electrons. The summed E-state index contributed by atoms with van der Waals surface area (Å²) in [5, 5.41) is 0.832. The number of hydrogen-bond acceptors (Lipinski definition) is 4. The second-order valence-corrected chi connectivity index (χ2v) is 5.14. The molecular formula is C13H15FN2OS. The van der Waals surface area contributed by atoms with Crippen LogP contribution in [-0.2, 0) is 0 Å². The minimum atomic E-state index is -0.373. The lowest BCUT2D eigenvalue weighted by Crippen LogP contribution is -2.03. The van der Waals surface area contributed by atoms with Crippen LogP contribution in [0.25, 0.3) is 10.6 Å². The van der Waals surface area contributed by atoms with Crippen LogP contribution in [-0.4, -0.2) is 12.1 Å². The van der Waals surface area contributed by atoms with Crippen molar-refractivity contribution in [3.63, 3.8) is 0 Å². The normalized spacial score (nSPS) is 12.5. The van der Waals surface area contributed by atoms with E-state index in [1.807, 2.05) is 13.8 Å². The highest BCUT2D eigenvalue weighted by Gasteiger charge is 2.13. The van der Waals surface area contributed by atoms with E-state index in [0.717, 1.165) is 21.1 Å². The van der Waals surface area contributed by atoms with Crippen molar-refractivity contribution < 1.29 is 9.13 Å². The molecule has 1 heterocycles. The first-order chi connectivity index (χ1) is 8.52. The van der Waals surface area contributed by atoms with Gasteiger partial charge >= 0.3 is 0 Å². The van der Waals surface area contributed by atoms with Crippen molar-refractivity contribution in [3.05, 3.63) is 34.6 Å². The summed E-state index contributed by atoms with van der Waals surface area (Å²) in [4.78, 5) is 5.52. The van der Waals surface area contributed by atoms with Gasteiger partial charge in [0.15, 0.2) is 11.6 Å². The Balaban J connectivity index is 2.45. The number of rotatable bonds is 3. The van der Waals surface area contributed by atoms with E-state index in [9.17, 15) is 4.39 Å². The molecule has 0 aliphatic carbocycles. The number of nitrogens with zero attached hydrogens (tertiary/aromatic N) is 1. The number of ether oxygens (including phenoxy) is 1. The Labute approximate surface area is 109 Å². The number of nitrogens with two attached hydrogens (primary N) is 1. The standard InChI is InChI=1S/C13H15FN2OS/c1-7(15)12-8(2)16-13(18-12)9-4-5-10(14)11(6-9)17-3/h4-7H,15H2,1-3H3. The summed E-state index contributed by atoms with van der Waals surface area (Å²) in [6.07, 6.45) is 0. The van der Waals surface area contributed by atoms with E-state index in [-0.39, 0.29) is 17.6 Å². The number of methoxy groups -OCH3 is 1. The first-order valence-electron chi connectivity index (χ1n) is 5.59. The van der Waals surface area contributed by atoms with Gasteiger partial charge < -0.3 is 10.5 Å². The van der Waals surface area contributed by atoms with E-state index in [1.165, 1.54) is 24.5 Å². The quantitative estimate of drug-likeness (QED) is 0.927. The molecule has 0 bridgehead atoms. The van der Waals surface area contributed by atoms with Crippen LogP contribution in [0.4, 0.5) is 4.39 Å². The smallest absolute Gasteiger partial charge is 0.165 e. The van der Waals surface area contributed by atoms with Crippen LogP contribution < -0.4 is 10.5 Å². The summed E-state index contributed by atoms with van der Waals surface area (Å²) in [7, 11) is 1.45. The van der Waals surface area contributed by atoms with Gasteiger partial charge in [0.05, 0.1) is 12.8 Å². The average molecular weight is 266 g/mol. The van der Waals surface area contributed by atoms with Crippen LogP contribution in [0.15, 0.2) is 18.2 Å². The number of aromatic nitrogens is 1. The maximum absolute atomic E-state index is 13.3. The zero-order chi connectivity index (χ0) is 13.3. The van der Waals surface area contributed by atoms with Crippen LogP contribution in [0, 0.1) is 12.7 Å². The fraction of sp³-hybridized carbons (Fsp3) is 0.308. The van der Waals surface area contributed by atoms with Gasteiger partial charge in [-0.15, -0.1) is 11.3 Å². The van der Waals surface area contributed by atoms with E-state index < -0.39 is 0 Å². The van der Waals surface area contributed by atoms with Crippen molar-refractivity contribution >= 4 is 11.3 Å². The van der Waals surface area contributed by atoms with Crippen LogP contribution in [0.2, 0.25) is 0 Å². The van der Waals surface area contributed by atoms with Crippen molar-refractivity contribution in [3.8, 4) is 16.3 Å². The molecule has 0 fully saturated rings. The molecule has 0 saturated heterocycles. The Morgan fingerprint density at radius 3 is 2.72 bits per heavy atom. The Morgan fingerprint density at radius 2 is 2.17 bits per heavy atom. The highest BCUT2D eigenvalue weighted by Crippen LogP contribution is 2.33. The summed E-state index contributed by atoms with van der Waals surface area (Å²) in [6.45, 7) is 3.86. The zero-order valence-electron chi connectivity index (χ0n) is 10.5. The van der Waals surface area contributed by atoms with Gasteiger partial charge in [0.25, 0.3) is 0 Å². The third-order valence-electron chi connectivity index (χ3n) is 2.64. The Kier molecular flexibility index (Phi) is 3.63. The second-order valence-electron chi connectivity index (χ2n) is 4.11. The van der Waals surface area contributed by atoms with Crippen molar-refractivity contribution in [1.29, 1.82) is 0 Å². The highest BCUT2D eigenvalue weighted by atomic mass is 32.1. The topological polar surface area (TPSA) is 48.1 Å². The number of aryl methyl sites for hydroxylation is 1. The van der Waals surface area contributed by atoms with Gasteiger partial charge in [-0.3, -0.25) is 0 Å². The minimum absolute atomic E-state index is 0.0430. The van der Waals surface area contributed by atoms with Gasteiger partial charge in [0.2, 0.25) is 0 Å². The number of hydrogen-bond donors (Lipinski definition) is 1. The monoisotopic (exact) mass is 266 g/mol. The van der Waals surface area contributed by atoms with Crippen LogP contribution in [0.5, 0.6) is 5.75 Å². The predicted octanol–water partition coefficient (Wildman–Crippen LogP) is 3.29. The van der Waals surface area contributed by atoms with Crippen LogP contribution in [0.3, 0.4) is 0 Å². The summed E-state index contributed by atoms with van der Waals surface area (Å²) in [5.41, 5.74) is 7.64. The SMILES string of the molecule is COc1cc(-c2nc(C)c(C(C)N)s2)ccc1F. The molecule has 0 aliphatic heterocycles. The first-order valence-corrected chi connectivity index (χ1v) is 6.41. The first kappa shape index (κ1) is 13.0. The molecule has 0 saturated carbocycles. The predicted molar refractivity (Wildman–Crippen MR) is 71.4 cm³/mol. The zero-order valence-corrected chi connectivity index (χ0v) is 11.3. The summed E-state index contributed by atoms with van der Waals surface area (Å²) < 4.78 is 18.3. The molecule has 2 rings (SSSR count). The number of halogens is 1. The van der Waals surface area contributed by atoms with Gasteiger partial charge in [0, 0.05) is 16.5 Å². The molecule has 5 heteroatoms. The largest absolute Gasteiger partial charge is 0.494 e. The summed E-state index contributed by atoms with van der Waals surface area (Å²) >= 11 is 1.53. The van der Waals surface area contributed by atoms with E-state index in [0.29, 0.717) is 0 Å². The van der Waals surface area contributed by atoms with Gasteiger partial charge in [-0.25, -0.2) is 9.37 Å². The van der Waals surface area contributed by atoms with Crippen molar-refractivity contribution in [1.82, 2.24) is 4.98 Å². The third-order valence-corrected chi connectivity index (χ3v) is 4.05. The number of benzene rings is 1. The maximum Gasteiger partial charge on any atom is 0.165 e. The van der Waals surface area contributed by atoms with Crippen molar-refractivity contribution in [2.75, 3.05) is 7.11 Å². The Bertz CT molecular complexity index is 566. The molecule has 18 heavy (non-hydrogen) atoms. The van der Waals surface area contributed by atoms with Gasteiger partial charge in [-0.1, -0.05) is 0 Å². The van der Waals surface area contributed by atoms with Crippen LogP contribution in [0.1, 0.15) is 23.5 Å². The molecule has 2 N–H and O–H groups in total. The van der Waals surface area contributed by atoms with Crippen LogP contribution >= 0.6 is 11.3 Å². The Hall–Kier alpha value is -1.46.